The number of benzene rings is 1. The Morgan fingerprint density at radius 1 is 1.22 bits per heavy atom. The summed E-state index contributed by atoms with van der Waals surface area (Å²) < 4.78 is 5.45. The van der Waals surface area contributed by atoms with Crippen LogP contribution in [0.4, 0.5) is 0 Å². The van der Waals surface area contributed by atoms with Crippen LogP contribution in [0, 0.1) is 12.8 Å². The lowest BCUT2D eigenvalue weighted by molar-refractivity contribution is -0.122. The molecule has 0 aliphatic carbocycles. The van der Waals surface area contributed by atoms with Gasteiger partial charge in [-0.2, -0.15) is 0 Å². The number of pyridine rings is 1. The molecule has 192 valence electrons. The van der Waals surface area contributed by atoms with Crippen LogP contribution in [-0.4, -0.2) is 51.4 Å². The molecule has 9 heteroatoms. The number of halogens is 1. The molecule has 3 aromatic rings. The Kier molecular flexibility index (Phi) is 7.48. The number of carbonyl (C=O) groups excluding carboxylic acids is 2. The summed E-state index contributed by atoms with van der Waals surface area (Å²) in [5.41, 5.74) is 4.48. The Morgan fingerprint density at radius 2 is 2.03 bits per heavy atom. The molecule has 37 heavy (non-hydrogen) atoms. The molecule has 2 amide bonds. The van der Waals surface area contributed by atoms with Gasteiger partial charge < -0.3 is 15.0 Å². The highest BCUT2D eigenvalue weighted by Crippen LogP contribution is 2.30. The van der Waals surface area contributed by atoms with Gasteiger partial charge in [0.2, 0.25) is 5.91 Å². The van der Waals surface area contributed by atoms with Crippen LogP contribution in [-0.2, 0) is 22.5 Å². The largest absolute Gasteiger partial charge is 0.381 e. The molecule has 0 bridgehead atoms. The lowest BCUT2D eigenvalue weighted by atomic mass is 9.96. The van der Waals surface area contributed by atoms with Crippen molar-refractivity contribution >= 4 is 23.4 Å². The van der Waals surface area contributed by atoms with Crippen molar-refractivity contribution in [3.05, 3.63) is 76.0 Å². The first-order chi connectivity index (χ1) is 17.9. The zero-order valence-corrected chi connectivity index (χ0v) is 21.8. The predicted octanol–water partition coefficient (Wildman–Crippen LogP) is 4.30. The van der Waals surface area contributed by atoms with Gasteiger partial charge in [-0.15, -0.1) is 0 Å². The van der Waals surface area contributed by atoms with Gasteiger partial charge in [-0.3, -0.25) is 14.6 Å². The number of rotatable bonds is 7. The van der Waals surface area contributed by atoms with Crippen molar-refractivity contribution in [1.82, 2.24) is 25.2 Å². The van der Waals surface area contributed by atoms with Crippen LogP contribution in [0.5, 0.6) is 0 Å². The molecular weight excluding hydrogens is 490 g/mol. The van der Waals surface area contributed by atoms with Crippen LogP contribution in [0.2, 0.25) is 5.02 Å². The maximum atomic E-state index is 13.2. The van der Waals surface area contributed by atoms with Gasteiger partial charge in [0.1, 0.15) is 12.4 Å². The van der Waals surface area contributed by atoms with Crippen molar-refractivity contribution in [2.75, 3.05) is 19.8 Å². The van der Waals surface area contributed by atoms with Gasteiger partial charge in [-0.25, -0.2) is 9.97 Å². The molecule has 2 aromatic heterocycles. The molecule has 1 atom stereocenters. The van der Waals surface area contributed by atoms with Gasteiger partial charge in [0.05, 0.1) is 34.6 Å². The van der Waals surface area contributed by atoms with E-state index in [1.54, 1.807) is 18.5 Å². The molecular formula is C28H30ClN5O3. The maximum absolute atomic E-state index is 13.2. The Bertz CT molecular complexity index is 1320. The number of carbonyl (C=O) groups is 2. The fourth-order valence-electron chi connectivity index (χ4n) is 4.88. The third-order valence-corrected chi connectivity index (χ3v) is 7.24. The Balaban J connectivity index is 1.27. The average Bonchev–Trinajstić information content (AvgIpc) is 3.20. The minimum absolute atomic E-state index is 0.0375. The topological polar surface area (TPSA) is 97.3 Å². The number of nitrogens with one attached hydrogen (secondary N) is 1. The van der Waals surface area contributed by atoms with Gasteiger partial charge in [-0.05, 0) is 44.2 Å². The first kappa shape index (κ1) is 25.3. The second-order valence-electron chi connectivity index (χ2n) is 9.83. The van der Waals surface area contributed by atoms with E-state index in [-0.39, 0.29) is 30.9 Å². The SMILES string of the molecule is Cc1cccc([C@@H](C)NC(=O)CN2Cc3ncc(-c4nc(CC5CCOCC5)ncc4Cl)cc3C2=O)c1. The molecule has 1 fully saturated rings. The Morgan fingerprint density at radius 3 is 2.81 bits per heavy atom. The highest BCUT2D eigenvalue weighted by atomic mass is 35.5. The fraction of sp³-hybridized carbons (Fsp3) is 0.393. The van der Waals surface area contributed by atoms with Crippen LogP contribution in [0.1, 0.15) is 58.8 Å². The highest BCUT2D eigenvalue weighted by Gasteiger charge is 2.31. The molecule has 1 aromatic carbocycles. The molecule has 4 heterocycles. The van der Waals surface area contributed by atoms with Crippen LogP contribution >= 0.6 is 11.6 Å². The van der Waals surface area contributed by atoms with Crippen LogP contribution in [0.15, 0.2) is 42.7 Å². The molecule has 0 spiro atoms. The number of ether oxygens (including phenoxy) is 1. The van der Waals surface area contributed by atoms with E-state index in [1.807, 2.05) is 38.1 Å². The summed E-state index contributed by atoms with van der Waals surface area (Å²) in [6, 6.07) is 9.61. The van der Waals surface area contributed by atoms with Crippen molar-refractivity contribution < 1.29 is 14.3 Å². The van der Waals surface area contributed by atoms with E-state index in [0.29, 0.717) is 33.5 Å². The monoisotopic (exact) mass is 519 g/mol. The van der Waals surface area contributed by atoms with Crippen molar-refractivity contribution in [3.8, 4) is 11.3 Å². The molecule has 1 saturated heterocycles. The number of hydrogen-bond acceptors (Lipinski definition) is 6. The van der Waals surface area contributed by atoms with Gasteiger partial charge in [-0.1, -0.05) is 41.4 Å². The molecule has 0 saturated carbocycles. The standard InChI is InChI=1S/C28H30ClN5O3/c1-17-4-3-5-20(10-17)18(2)32-26(35)16-34-15-24-22(28(34)36)12-21(13-30-24)27-23(29)14-31-25(33-27)11-19-6-8-37-9-7-19/h3-5,10,12-14,18-19H,6-9,11,15-16H2,1-2H3,(H,32,35)/t18-/m1/s1. The number of fused-ring (bicyclic) bond motifs is 1. The molecule has 0 radical (unpaired) electrons. The number of aromatic nitrogens is 3. The van der Waals surface area contributed by atoms with Crippen LogP contribution < -0.4 is 5.32 Å². The summed E-state index contributed by atoms with van der Waals surface area (Å²) in [6.45, 7) is 5.73. The minimum atomic E-state index is -0.227. The van der Waals surface area contributed by atoms with Gasteiger partial charge in [0, 0.05) is 37.6 Å². The summed E-state index contributed by atoms with van der Waals surface area (Å²) >= 11 is 6.45. The molecule has 2 aliphatic heterocycles. The molecule has 8 nitrogen and oxygen atoms in total. The third kappa shape index (κ3) is 5.81. The Labute approximate surface area is 221 Å². The summed E-state index contributed by atoms with van der Waals surface area (Å²) in [5, 5.41) is 3.39. The second-order valence-corrected chi connectivity index (χ2v) is 10.2. The average molecular weight is 520 g/mol. The molecule has 1 N–H and O–H groups in total. The third-order valence-electron chi connectivity index (χ3n) is 6.96. The maximum Gasteiger partial charge on any atom is 0.256 e. The molecule has 5 rings (SSSR count). The Hall–Kier alpha value is -3.36. The van der Waals surface area contributed by atoms with Gasteiger partial charge >= 0.3 is 0 Å². The van der Waals surface area contributed by atoms with E-state index in [0.717, 1.165) is 49.4 Å². The number of amides is 2. The summed E-state index contributed by atoms with van der Waals surface area (Å²) in [4.78, 5) is 41.0. The predicted molar refractivity (Wildman–Crippen MR) is 140 cm³/mol. The molecule has 2 aliphatic rings. The van der Waals surface area contributed by atoms with Crippen LogP contribution in [0.25, 0.3) is 11.3 Å². The van der Waals surface area contributed by atoms with Crippen LogP contribution in [0.3, 0.4) is 0 Å². The minimum Gasteiger partial charge on any atom is -0.381 e. The van der Waals surface area contributed by atoms with E-state index >= 15 is 0 Å². The lowest BCUT2D eigenvalue weighted by Gasteiger charge is -2.21. The van der Waals surface area contributed by atoms with Crippen molar-refractivity contribution in [2.24, 2.45) is 5.92 Å². The van der Waals surface area contributed by atoms with E-state index in [2.05, 4.69) is 15.3 Å². The number of hydrogen-bond donors (Lipinski definition) is 1. The van der Waals surface area contributed by atoms with E-state index in [9.17, 15) is 9.59 Å². The first-order valence-corrected chi connectivity index (χ1v) is 13.0. The van der Waals surface area contributed by atoms with E-state index in [4.69, 9.17) is 21.3 Å². The van der Waals surface area contributed by atoms with Gasteiger partial charge in [0.25, 0.3) is 5.91 Å². The number of nitrogens with zero attached hydrogens (tertiary/aromatic N) is 4. The fourth-order valence-corrected chi connectivity index (χ4v) is 5.08. The summed E-state index contributed by atoms with van der Waals surface area (Å²) in [5.74, 6) is 0.761. The summed E-state index contributed by atoms with van der Waals surface area (Å²) in [6.07, 6.45) is 6.03. The number of aryl methyl sites for hydroxylation is 1. The quantitative estimate of drug-likeness (QED) is 0.500. The van der Waals surface area contributed by atoms with Crippen molar-refractivity contribution in [2.45, 2.75) is 45.7 Å². The molecule has 0 unspecified atom stereocenters. The van der Waals surface area contributed by atoms with Crippen molar-refractivity contribution in [1.29, 1.82) is 0 Å². The summed E-state index contributed by atoms with van der Waals surface area (Å²) in [7, 11) is 0. The normalized spacial score (nSPS) is 16.5. The lowest BCUT2D eigenvalue weighted by Crippen LogP contribution is -2.38. The smallest absolute Gasteiger partial charge is 0.256 e. The zero-order chi connectivity index (χ0) is 25.9. The first-order valence-electron chi connectivity index (χ1n) is 12.6. The van der Waals surface area contributed by atoms with Gasteiger partial charge in [0.15, 0.2) is 0 Å². The van der Waals surface area contributed by atoms with Crippen molar-refractivity contribution in [3.63, 3.8) is 0 Å². The highest BCUT2D eigenvalue weighted by molar-refractivity contribution is 6.32. The van der Waals surface area contributed by atoms with E-state index < -0.39 is 0 Å². The zero-order valence-electron chi connectivity index (χ0n) is 21.0. The van der Waals surface area contributed by atoms with E-state index in [1.165, 1.54) is 4.90 Å². The second kappa shape index (κ2) is 10.9.